The van der Waals surface area contributed by atoms with Gasteiger partial charge in [-0.2, -0.15) is 0 Å². The largest absolute Gasteiger partial charge is 0.370 e. The number of hydrogen-bond donors (Lipinski definition) is 1. The summed E-state index contributed by atoms with van der Waals surface area (Å²) >= 11 is 0. The van der Waals surface area contributed by atoms with Gasteiger partial charge in [0.15, 0.2) is 0 Å². The number of imide groups is 2. The van der Waals surface area contributed by atoms with Gasteiger partial charge in [0.25, 0.3) is 11.8 Å². The van der Waals surface area contributed by atoms with Crippen LogP contribution in [-0.4, -0.2) is 71.7 Å². The second-order valence-corrected chi connectivity index (χ2v) is 8.57. The van der Waals surface area contributed by atoms with E-state index in [0.717, 1.165) is 36.5 Å². The third kappa shape index (κ3) is 3.63. The van der Waals surface area contributed by atoms with Crippen LogP contribution in [-0.2, 0) is 9.59 Å². The number of amides is 4. The Morgan fingerprint density at radius 1 is 0.968 bits per heavy atom. The van der Waals surface area contributed by atoms with Gasteiger partial charge in [-0.3, -0.25) is 34.3 Å². The van der Waals surface area contributed by atoms with Crippen LogP contribution < -0.4 is 10.2 Å². The molecule has 1 aromatic rings. The first-order chi connectivity index (χ1) is 14.9. The lowest BCUT2D eigenvalue weighted by atomic mass is 10.0. The van der Waals surface area contributed by atoms with E-state index >= 15 is 0 Å². The Bertz CT molecular complexity index is 926. The molecule has 166 valence electrons. The van der Waals surface area contributed by atoms with E-state index < -0.39 is 23.8 Å². The molecule has 3 atom stereocenters. The van der Waals surface area contributed by atoms with Crippen LogP contribution in [0.2, 0.25) is 0 Å². The maximum absolute atomic E-state index is 13.1. The second-order valence-electron chi connectivity index (χ2n) is 8.57. The first-order valence-corrected chi connectivity index (χ1v) is 11.2. The fourth-order valence-corrected chi connectivity index (χ4v) is 5.36. The lowest BCUT2D eigenvalue weighted by molar-refractivity contribution is -0.136. The monoisotopic (exact) mass is 426 g/mol. The molecule has 1 saturated carbocycles. The molecule has 1 N–H and O–H groups in total. The molecule has 1 saturated heterocycles. The van der Waals surface area contributed by atoms with E-state index in [0.29, 0.717) is 23.2 Å². The van der Waals surface area contributed by atoms with Crippen LogP contribution in [0.3, 0.4) is 0 Å². The molecule has 1 aromatic carbocycles. The summed E-state index contributed by atoms with van der Waals surface area (Å²) in [5, 5.41) is 2.23. The predicted octanol–water partition coefficient (Wildman–Crippen LogP) is 1.79. The summed E-state index contributed by atoms with van der Waals surface area (Å²) in [5.41, 5.74) is 1.55. The summed E-state index contributed by atoms with van der Waals surface area (Å²) in [6, 6.07) is 5.22. The van der Waals surface area contributed by atoms with Gasteiger partial charge in [-0.05, 0) is 57.0 Å². The zero-order chi connectivity index (χ0) is 22.3. The molecule has 2 fully saturated rings. The van der Waals surface area contributed by atoms with E-state index in [4.69, 9.17) is 0 Å². The minimum atomic E-state index is -0.937. The number of carbonyl (C=O) groups is 4. The first kappa shape index (κ1) is 21.5. The molecule has 4 rings (SSSR count). The van der Waals surface area contributed by atoms with E-state index in [9.17, 15) is 19.2 Å². The number of piperidine rings is 1. The number of rotatable bonds is 6. The average molecular weight is 427 g/mol. The molecule has 0 bridgehead atoms. The van der Waals surface area contributed by atoms with E-state index in [2.05, 4.69) is 29.0 Å². The topological polar surface area (TPSA) is 90.0 Å². The van der Waals surface area contributed by atoms with Crippen molar-refractivity contribution in [3.63, 3.8) is 0 Å². The summed E-state index contributed by atoms with van der Waals surface area (Å²) in [6.45, 7) is 6.37. The summed E-state index contributed by atoms with van der Waals surface area (Å²) in [5.74, 6) is -1.89. The Labute approximate surface area is 182 Å². The molecule has 8 nitrogen and oxygen atoms in total. The molecular weight excluding hydrogens is 396 g/mol. The third-order valence-electron chi connectivity index (χ3n) is 7.05. The van der Waals surface area contributed by atoms with Crippen molar-refractivity contribution >= 4 is 29.3 Å². The lowest BCUT2D eigenvalue weighted by Crippen LogP contribution is -2.54. The van der Waals surface area contributed by atoms with Crippen molar-refractivity contribution in [2.45, 2.75) is 64.1 Å². The highest BCUT2D eigenvalue weighted by atomic mass is 16.2. The molecule has 2 heterocycles. The predicted molar refractivity (Wildman–Crippen MR) is 116 cm³/mol. The standard InChI is InChI=1S/C23H30N4O4/c1-4-26(5-2)18-8-6-7-17(18)25(3)14-9-10-15-16(13-14)23(31)27(22(15)30)19-11-12-20(28)24-21(19)29/h9-10,13,17-19H,4-8,11-12H2,1-3H3,(H,24,28,29)/t17-,18-,19?/m1/s1. The number of likely N-dealkylation sites (N-methyl/N-ethyl adjacent to an activating group) is 2. The van der Waals surface area contributed by atoms with Crippen LogP contribution >= 0.6 is 0 Å². The lowest BCUT2D eigenvalue weighted by Gasteiger charge is -2.37. The summed E-state index contributed by atoms with van der Waals surface area (Å²) < 4.78 is 0. The van der Waals surface area contributed by atoms with Crippen molar-refractivity contribution in [2.24, 2.45) is 0 Å². The number of hydrogen-bond acceptors (Lipinski definition) is 6. The Morgan fingerprint density at radius 2 is 1.65 bits per heavy atom. The number of anilines is 1. The molecule has 2 aliphatic heterocycles. The Morgan fingerprint density at radius 3 is 2.32 bits per heavy atom. The van der Waals surface area contributed by atoms with E-state index in [1.54, 1.807) is 12.1 Å². The highest BCUT2D eigenvalue weighted by Gasteiger charge is 2.45. The van der Waals surface area contributed by atoms with Gasteiger partial charge in [0, 0.05) is 31.2 Å². The summed E-state index contributed by atoms with van der Waals surface area (Å²) in [6.07, 6.45) is 3.69. The van der Waals surface area contributed by atoms with Gasteiger partial charge >= 0.3 is 0 Å². The molecule has 3 aliphatic rings. The van der Waals surface area contributed by atoms with E-state index in [-0.39, 0.29) is 18.7 Å². The van der Waals surface area contributed by atoms with Gasteiger partial charge in [0.05, 0.1) is 11.1 Å². The second kappa shape index (κ2) is 8.42. The molecule has 1 unspecified atom stereocenters. The molecule has 0 spiro atoms. The number of benzene rings is 1. The Hall–Kier alpha value is -2.74. The van der Waals surface area contributed by atoms with Crippen molar-refractivity contribution in [3.05, 3.63) is 29.3 Å². The Kier molecular flexibility index (Phi) is 5.83. The average Bonchev–Trinajstić information content (AvgIpc) is 3.33. The van der Waals surface area contributed by atoms with E-state index in [1.165, 1.54) is 6.42 Å². The van der Waals surface area contributed by atoms with Crippen LogP contribution in [0, 0.1) is 0 Å². The minimum Gasteiger partial charge on any atom is -0.370 e. The SMILES string of the molecule is CCN(CC)[C@@H]1CCC[C@H]1N(C)c1ccc2c(c1)C(=O)N(C1CCC(=O)NC1=O)C2=O. The van der Waals surface area contributed by atoms with Crippen molar-refractivity contribution < 1.29 is 19.2 Å². The van der Waals surface area contributed by atoms with Crippen LogP contribution in [0.25, 0.3) is 0 Å². The fraction of sp³-hybridized carbons (Fsp3) is 0.565. The van der Waals surface area contributed by atoms with Crippen molar-refractivity contribution in [1.29, 1.82) is 0 Å². The van der Waals surface area contributed by atoms with Crippen LogP contribution in [0.5, 0.6) is 0 Å². The molecule has 4 amide bonds. The third-order valence-corrected chi connectivity index (χ3v) is 7.05. The number of nitrogens with zero attached hydrogens (tertiary/aromatic N) is 3. The smallest absolute Gasteiger partial charge is 0.262 e. The highest BCUT2D eigenvalue weighted by molar-refractivity contribution is 6.23. The maximum Gasteiger partial charge on any atom is 0.262 e. The highest BCUT2D eigenvalue weighted by Crippen LogP contribution is 2.34. The molecule has 0 radical (unpaired) electrons. The van der Waals surface area contributed by atoms with E-state index in [1.807, 2.05) is 13.1 Å². The van der Waals surface area contributed by atoms with Gasteiger partial charge in [-0.25, -0.2) is 0 Å². The van der Waals surface area contributed by atoms with Crippen LogP contribution in [0.1, 0.15) is 66.7 Å². The van der Waals surface area contributed by atoms with Gasteiger partial charge in [0.1, 0.15) is 6.04 Å². The zero-order valence-electron chi connectivity index (χ0n) is 18.4. The number of carbonyl (C=O) groups excluding carboxylic acids is 4. The maximum atomic E-state index is 13.1. The van der Waals surface area contributed by atoms with Crippen molar-refractivity contribution in [2.75, 3.05) is 25.0 Å². The molecule has 0 aromatic heterocycles. The molecular formula is C23H30N4O4. The molecule has 31 heavy (non-hydrogen) atoms. The molecule has 8 heteroatoms. The zero-order valence-corrected chi connectivity index (χ0v) is 18.4. The number of nitrogens with one attached hydrogen (secondary N) is 1. The summed E-state index contributed by atoms with van der Waals surface area (Å²) in [7, 11) is 2.05. The summed E-state index contributed by atoms with van der Waals surface area (Å²) in [4.78, 5) is 55.4. The van der Waals surface area contributed by atoms with Gasteiger partial charge < -0.3 is 4.90 Å². The van der Waals surface area contributed by atoms with Gasteiger partial charge in [0.2, 0.25) is 11.8 Å². The van der Waals surface area contributed by atoms with Crippen LogP contribution in [0.4, 0.5) is 5.69 Å². The Balaban J connectivity index is 1.58. The van der Waals surface area contributed by atoms with Crippen LogP contribution in [0.15, 0.2) is 18.2 Å². The molecule has 1 aliphatic carbocycles. The first-order valence-electron chi connectivity index (χ1n) is 11.2. The van der Waals surface area contributed by atoms with Crippen molar-refractivity contribution in [3.8, 4) is 0 Å². The van der Waals surface area contributed by atoms with Gasteiger partial charge in [-0.1, -0.05) is 13.8 Å². The number of fused-ring (bicyclic) bond motifs is 1. The normalized spacial score (nSPS) is 25.9. The fourth-order valence-electron chi connectivity index (χ4n) is 5.36. The minimum absolute atomic E-state index is 0.117. The van der Waals surface area contributed by atoms with Crippen molar-refractivity contribution in [1.82, 2.24) is 15.1 Å². The van der Waals surface area contributed by atoms with Gasteiger partial charge in [-0.15, -0.1) is 0 Å². The quantitative estimate of drug-likeness (QED) is 0.698.